The average Bonchev–Trinajstić information content (AvgIpc) is 2.78. The minimum Gasteiger partial charge on any atom is -0.323 e. The van der Waals surface area contributed by atoms with Crippen LogP contribution in [-0.4, -0.2) is 38.1 Å². The normalized spacial score (nSPS) is 25.5. The maximum absolute atomic E-state index is 12.6. The third-order valence-corrected chi connectivity index (χ3v) is 5.56. The largest absolute Gasteiger partial charge is 0.323 e. The van der Waals surface area contributed by atoms with Crippen LogP contribution in [0.5, 0.6) is 0 Å². The van der Waals surface area contributed by atoms with Gasteiger partial charge < -0.3 is 10.2 Å². The van der Waals surface area contributed by atoms with E-state index in [-0.39, 0.29) is 11.8 Å². The van der Waals surface area contributed by atoms with E-state index in [9.17, 15) is 13.8 Å². The lowest BCUT2D eigenvalue weighted by molar-refractivity contribution is -0.137. The predicted octanol–water partition coefficient (Wildman–Crippen LogP) is 1.34. The predicted molar refractivity (Wildman–Crippen MR) is 78.5 cm³/mol. The number of benzene rings is 1. The molecule has 1 N–H and O–H groups in total. The van der Waals surface area contributed by atoms with Crippen LogP contribution in [0, 0.1) is 0 Å². The fraction of sp³-hybridized carbons (Fsp3) is 0.429. The summed E-state index contributed by atoms with van der Waals surface area (Å²) < 4.78 is 12.3. The lowest BCUT2D eigenvalue weighted by atomic mass is 10.1. The van der Waals surface area contributed by atoms with Gasteiger partial charge in [0.25, 0.3) is 5.91 Å². The molecule has 6 heteroatoms. The van der Waals surface area contributed by atoms with Crippen molar-refractivity contribution < 1.29 is 13.8 Å². The van der Waals surface area contributed by atoms with Crippen LogP contribution in [0.4, 0.5) is 5.69 Å². The Bertz CT molecular complexity index is 547. The zero-order chi connectivity index (χ0) is 14.8. The Labute approximate surface area is 120 Å². The van der Waals surface area contributed by atoms with Crippen molar-refractivity contribution in [1.29, 1.82) is 0 Å². The summed E-state index contributed by atoms with van der Waals surface area (Å²) in [5.41, 5.74) is 0.637. The molecule has 2 rings (SSSR count). The van der Waals surface area contributed by atoms with Gasteiger partial charge in [-0.25, -0.2) is 0 Å². The highest BCUT2D eigenvalue weighted by molar-refractivity contribution is 7.87. The Morgan fingerprint density at radius 1 is 1.35 bits per heavy atom. The highest BCUT2D eigenvalue weighted by atomic mass is 32.2. The molecule has 1 unspecified atom stereocenters. The van der Waals surface area contributed by atoms with Gasteiger partial charge >= 0.3 is 0 Å². The van der Waals surface area contributed by atoms with Gasteiger partial charge in [0.2, 0.25) is 5.91 Å². The van der Waals surface area contributed by atoms with E-state index in [4.69, 9.17) is 0 Å². The number of rotatable bonds is 3. The third-order valence-electron chi connectivity index (χ3n) is 3.56. The summed E-state index contributed by atoms with van der Waals surface area (Å²) in [7, 11) is -1.38. The SMILES string of the molecule is CC[C@@]1(C(=O)Nc2ccccc2)N(C(C)=O)CCS1=O. The maximum Gasteiger partial charge on any atom is 0.263 e. The minimum absolute atomic E-state index is 0.221. The molecule has 5 nitrogen and oxygen atoms in total. The van der Waals surface area contributed by atoms with Crippen molar-refractivity contribution in [1.82, 2.24) is 4.90 Å². The second kappa shape index (κ2) is 5.75. The van der Waals surface area contributed by atoms with Gasteiger partial charge in [0, 0.05) is 24.9 Å². The molecule has 2 amide bonds. The van der Waals surface area contributed by atoms with Gasteiger partial charge in [0.1, 0.15) is 0 Å². The number of hydrogen-bond acceptors (Lipinski definition) is 3. The van der Waals surface area contributed by atoms with Crippen molar-refractivity contribution in [3.8, 4) is 0 Å². The molecule has 0 spiro atoms. The molecule has 0 aromatic heterocycles. The smallest absolute Gasteiger partial charge is 0.263 e. The van der Waals surface area contributed by atoms with E-state index >= 15 is 0 Å². The summed E-state index contributed by atoms with van der Waals surface area (Å²) in [6, 6.07) is 8.99. The first kappa shape index (κ1) is 14.7. The van der Waals surface area contributed by atoms with Crippen molar-refractivity contribution in [2.75, 3.05) is 17.6 Å². The van der Waals surface area contributed by atoms with Gasteiger partial charge in [-0.1, -0.05) is 25.1 Å². The number of hydrogen-bond donors (Lipinski definition) is 1. The highest BCUT2D eigenvalue weighted by Crippen LogP contribution is 2.31. The summed E-state index contributed by atoms with van der Waals surface area (Å²) in [5.74, 6) is -0.256. The number of anilines is 1. The van der Waals surface area contributed by atoms with Gasteiger partial charge in [-0.2, -0.15) is 0 Å². The second-order valence-corrected chi connectivity index (χ2v) is 6.45. The number of nitrogens with zero attached hydrogens (tertiary/aromatic N) is 1. The Morgan fingerprint density at radius 2 is 2.00 bits per heavy atom. The molecule has 1 fully saturated rings. The van der Waals surface area contributed by atoms with Crippen molar-refractivity contribution >= 4 is 28.3 Å². The van der Waals surface area contributed by atoms with E-state index in [0.717, 1.165) is 0 Å². The van der Waals surface area contributed by atoms with E-state index < -0.39 is 15.7 Å². The zero-order valence-corrected chi connectivity index (χ0v) is 12.4. The number of nitrogens with one attached hydrogen (secondary N) is 1. The van der Waals surface area contributed by atoms with E-state index in [1.165, 1.54) is 11.8 Å². The number of carbonyl (C=O) groups is 2. The summed E-state index contributed by atoms with van der Waals surface area (Å²) in [4.78, 5) is 24.5. The van der Waals surface area contributed by atoms with Gasteiger partial charge in [-0.15, -0.1) is 0 Å². The van der Waals surface area contributed by atoms with Gasteiger partial charge in [0.05, 0.1) is 10.8 Å². The van der Waals surface area contributed by atoms with Crippen LogP contribution >= 0.6 is 0 Å². The lowest BCUT2D eigenvalue weighted by Crippen LogP contribution is -2.56. The molecule has 20 heavy (non-hydrogen) atoms. The molecule has 1 saturated heterocycles. The Balaban J connectivity index is 2.32. The molecule has 1 aromatic rings. The van der Waals surface area contributed by atoms with E-state index in [0.29, 0.717) is 24.4 Å². The summed E-state index contributed by atoms with van der Waals surface area (Å²) in [6.45, 7) is 3.55. The van der Waals surface area contributed by atoms with Crippen molar-refractivity contribution in [2.24, 2.45) is 0 Å². The van der Waals surface area contributed by atoms with Crippen LogP contribution in [0.1, 0.15) is 20.3 Å². The van der Waals surface area contributed by atoms with Crippen LogP contribution in [0.15, 0.2) is 30.3 Å². The van der Waals surface area contributed by atoms with Gasteiger partial charge in [-0.05, 0) is 18.6 Å². The highest BCUT2D eigenvalue weighted by Gasteiger charge is 2.53. The minimum atomic E-state index is -1.38. The van der Waals surface area contributed by atoms with Crippen LogP contribution in [0.25, 0.3) is 0 Å². The topological polar surface area (TPSA) is 66.5 Å². The maximum atomic E-state index is 12.6. The van der Waals surface area contributed by atoms with Gasteiger partial charge in [0.15, 0.2) is 4.87 Å². The first-order valence-electron chi connectivity index (χ1n) is 6.55. The fourth-order valence-corrected chi connectivity index (χ4v) is 4.28. The first-order chi connectivity index (χ1) is 9.52. The average molecular weight is 294 g/mol. The fourth-order valence-electron chi connectivity index (χ4n) is 2.55. The monoisotopic (exact) mass is 294 g/mol. The molecular formula is C14H18N2O3S. The Kier molecular flexibility index (Phi) is 4.23. The Hall–Kier alpha value is -1.69. The number of para-hydroxylation sites is 1. The summed E-state index contributed by atoms with van der Waals surface area (Å²) in [5, 5.41) is 2.76. The van der Waals surface area contributed by atoms with Crippen LogP contribution in [0.2, 0.25) is 0 Å². The standard InChI is InChI=1S/C14H18N2O3S/c1-3-14(16(11(2)17)9-10-20(14)19)13(18)15-12-7-5-4-6-8-12/h4-8H,3,9-10H2,1-2H3,(H,15,18)/t14-,20?/m1/s1. The Morgan fingerprint density at radius 3 is 2.55 bits per heavy atom. The molecule has 2 atom stereocenters. The summed E-state index contributed by atoms with van der Waals surface area (Å²) in [6.07, 6.45) is 0.331. The third kappa shape index (κ3) is 2.35. The van der Waals surface area contributed by atoms with Crippen molar-refractivity contribution in [3.63, 3.8) is 0 Å². The molecule has 0 aliphatic carbocycles. The van der Waals surface area contributed by atoms with E-state index in [1.807, 2.05) is 18.2 Å². The molecular weight excluding hydrogens is 276 g/mol. The van der Waals surface area contributed by atoms with E-state index in [2.05, 4.69) is 5.32 Å². The molecule has 108 valence electrons. The molecule has 1 aliphatic heterocycles. The molecule has 1 heterocycles. The van der Waals surface area contributed by atoms with Crippen LogP contribution in [0.3, 0.4) is 0 Å². The first-order valence-corrected chi connectivity index (χ1v) is 7.87. The van der Waals surface area contributed by atoms with Crippen LogP contribution < -0.4 is 5.32 Å². The second-order valence-electron chi connectivity index (χ2n) is 4.68. The molecule has 0 saturated carbocycles. The molecule has 1 aliphatic rings. The molecule has 1 aromatic carbocycles. The number of carbonyl (C=O) groups excluding carboxylic acids is 2. The van der Waals surface area contributed by atoms with Crippen LogP contribution in [-0.2, 0) is 20.4 Å². The van der Waals surface area contributed by atoms with Crippen molar-refractivity contribution in [2.45, 2.75) is 25.1 Å². The lowest BCUT2D eigenvalue weighted by Gasteiger charge is -2.34. The van der Waals surface area contributed by atoms with Crippen molar-refractivity contribution in [3.05, 3.63) is 30.3 Å². The zero-order valence-electron chi connectivity index (χ0n) is 11.6. The van der Waals surface area contributed by atoms with E-state index in [1.54, 1.807) is 19.1 Å². The quantitative estimate of drug-likeness (QED) is 0.915. The molecule has 0 radical (unpaired) electrons. The number of amides is 2. The van der Waals surface area contributed by atoms with Gasteiger partial charge in [-0.3, -0.25) is 13.8 Å². The molecule has 0 bridgehead atoms. The summed E-state index contributed by atoms with van der Waals surface area (Å²) >= 11 is 0.